The van der Waals surface area contributed by atoms with Gasteiger partial charge in [-0.05, 0) is 49.2 Å². The lowest BCUT2D eigenvalue weighted by Gasteiger charge is -2.00. The molecule has 18 heavy (non-hydrogen) atoms. The molecule has 1 aromatic carbocycles. The van der Waals surface area contributed by atoms with Crippen molar-refractivity contribution in [2.45, 2.75) is 13.8 Å². The standard InChI is InChI=1S/C14H12ClN3/c1-8-3-10(6-11(15)4-8)13-17-12-5-9(2)7-16-14(12)18-13/h3-7H,1-2H3,(H,16,17,18). The number of aryl methyl sites for hydroxylation is 2. The Hall–Kier alpha value is -1.87. The zero-order valence-electron chi connectivity index (χ0n) is 10.2. The summed E-state index contributed by atoms with van der Waals surface area (Å²) in [7, 11) is 0. The van der Waals surface area contributed by atoms with Gasteiger partial charge in [0.2, 0.25) is 0 Å². The molecule has 3 aromatic rings. The molecule has 4 heteroatoms. The van der Waals surface area contributed by atoms with Crippen LogP contribution in [0.1, 0.15) is 11.1 Å². The number of nitrogens with zero attached hydrogens (tertiary/aromatic N) is 2. The predicted molar refractivity (Wildman–Crippen MR) is 73.8 cm³/mol. The van der Waals surface area contributed by atoms with Gasteiger partial charge in [-0.15, -0.1) is 0 Å². The Morgan fingerprint density at radius 1 is 1.06 bits per heavy atom. The molecule has 0 atom stereocenters. The summed E-state index contributed by atoms with van der Waals surface area (Å²) in [5, 5.41) is 0.717. The van der Waals surface area contributed by atoms with Gasteiger partial charge in [0.15, 0.2) is 5.65 Å². The highest BCUT2D eigenvalue weighted by atomic mass is 35.5. The summed E-state index contributed by atoms with van der Waals surface area (Å²) in [6.07, 6.45) is 1.82. The van der Waals surface area contributed by atoms with Crippen LogP contribution in [-0.2, 0) is 0 Å². The Morgan fingerprint density at radius 2 is 1.89 bits per heavy atom. The average Bonchev–Trinajstić information content (AvgIpc) is 2.70. The molecule has 2 aromatic heterocycles. The number of aromatic amines is 1. The van der Waals surface area contributed by atoms with Gasteiger partial charge in [0.1, 0.15) is 5.82 Å². The largest absolute Gasteiger partial charge is 0.337 e. The normalized spacial score (nSPS) is 11.1. The van der Waals surface area contributed by atoms with E-state index in [0.717, 1.165) is 38.7 Å². The average molecular weight is 258 g/mol. The maximum Gasteiger partial charge on any atom is 0.178 e. The highest BCUT2D eigenvalue weighted by Crippen LogP contribution is 2.24. The zero-order valence-corrected chi connectivity index (χ0v) is 10.9. The summed E-state index contributed by atoms with van der Waals surface area (Å²) in [5.74, 6) is 0.800. The monoisotopic (exact) mass is 257 g/mol. The number of benzene rings is 1. The second kappa shape index (κ2) is 4.10. The molecule has 0 fully saturated rings. The molecule has 2 heterocycles. The van der Waals surface area contributed by atoms with E-state index in [4.69, 9.17) is 11.6 Å². The number of fused-ring (bicyclic) bond motifs is 1. The fraction of sp³-hybridized carbons (Fsp3) is 0.143. The van der Waals surface area contributed by atoms with Gasteiger partial charge in [-0.3, -0.25) is 0 Å². The predicted octanol–water partition coefficient (Wildman–Crippen LogP) is 3.90. The van der Waals surface area contributed by atoms with E-state index >= 15 is 0 Å². The maximum absolute atomic E-state index is 6.07. The number of hydrogen-bond acceptors (Lipinski definition) is 2. The Morgan fingerprint density at radius 3 is 2.67 bits per heavy atom. The van der Waals surface area contributed by atoms with Crippen LogP contribution in [0.4, 0.5) is 0 Å². The summed E-state index contributed by atoms with van der Waals surface area (Å²) in [5.41, 5.74) is 4.88. The number of pyridine rings is 1. The number of H-pyrrole nitrogens is 1. The van der Waals surface area contributed by atoms with Crippen LogP contribution in [-0.4, -0.2) is 15.0 Å². The van der Waals surface area contributed by atoms with Crippen LogP contribution in [0.5, 0.6) is 0 Å². The van der Waals surface area contributed by atoms with Gasteiger partial charge < -0.3 is 4.98 Å². The van der Waals surface area contributed by atoms with Crippen molar-refractivity contribution in [3.8, 4) is 11.4 Å². The molecule has 0 bridgehead atoms. The lowest BCUT2D eigenvalue weighted by Crippen LogP contribution is -1.82. The van der Waals surface area contributed by atoms with Gasteiger partial charge in [-0.1, -0.05) is 11.6 Å². The molecule has 0 radical (unpaired) electrons. The SMILES string of the molecule is Cc1cc(Cl)cc(-c2nc3ncc(C)cc3[nH]2)c1. The van der Waals surface area contributed by atoms with Crippen molar-refractivity contribution in [1.82, 2.24) is 15.0 Å². The molecule has 0 aliphatic rings. The third-order valence-corrected chi connectivity index (χ3v) is 3.01. The first-order valence-corrected chi connectivity index (χ1v) is 6.09. The summed E-state index contributed by atoms with van der Waals surface area (Å²) < 4.78 is 0. The molecule has 0 amide bonds. The summed E-state index contributed by atoms with van der Waals surface area (Å²) in [4.78, 5) is 12.1. The minimum Gasteiger partial charge on any atom is -0.337 e. The van der Waals surface area contributed by atoms with Crippen LogP contribution >= 0.6 is 11.6 Å². The van der Waals surface area contributed by atoms with E-state index < -0.39 is 0 Å². The molecule has 0 spiro atoms. The van der Waals surface area contributed by atoms with Gasteiger partial charge in [0.25, 0.3) is 0 Å². The van der Waals surface area contributed by atoms with E-state index in [9.17, 15) is 0 Å². The van der Waals surface area contributed by atoms with Gasteiger partial charge in [0.05, 0.1) is 5.52 Å². The minimum atomic E-state index is 0.717. The van der Waals surface area contributed by atoms with Crippen molar-refractivity contribution in [3.63, 3.8) is 0 Å². The summed E-state index contributed by atoms with van der Waals surface area (Å²) in [6.45, 7) is 4.02. The molecule has 0 aliphatic carbocycles. The van der Waals surface area contributed by atoms with Crippen molar-refractivity contribution in [3.05, 3.63) is 46.6 Å². The third-order valence-electron chi connectivity index (χ3n) is 2.79. The number of halogens is 1. The number of nitrogens with one attached hydrogen (secondary N) is 1. The molecule has 3 nitrogen and oxygen atoms in total. The first-order valence-electron chi connectivity index (χ1n) is 5.72. The Kier molecular flexibility index (Phi) is 2.56. The topological polar surface area (TPSA) is 41.6 Å². The number of hydrogen-bond donors (Lipinski definition) is 1. The number of aromatic nitrogens is 3. The van der Waals surface area contributed by atoms with E-state index in [2.05, 4.69) is 21.0 Å². The van der Waals surface area contributed by atoms with Crippen LogP contribution in [0.2, 0.25) is 5.02 Å². The molecule has 90 valence electrons. The summed E-state index contributed by atoms with van der Waals surface area (Å²) >= 11 is 6.07. The smallest absolute Gasteiger partial charge is 0.178 e. The quantitative estimate of drug-likeness (QED) is 0.718. The molecule has 0 aliphatic heterocycles. The second-order valence-corrected chi connectivity index (χ2v) is 4.92. The third kappa shape index (κ3) is 1.97. The highest BCUT2D eigenvalue weighted by Gasteiger charge is 2.07. The molecule has 1 N–H and O–H groups in total. The molecular formula is C14H12ClN3. The van der Waals surface area contributed by atoms with Crippen molar-refractivity contribution in [2.75, 3.05) is 0 Å². The molecular weight excluding hydrogens is 246 g/mol. The number of rotatable bonds is 1. The van der Waals surface area contributed by atoms with Crippen molar-refractivity contribution in [1.29, 1.82) is 0 Å². The zero-order chi connectivity index (χ0) is 12.7. The summed E-state index contributed by atoms with van der Waals surface area (Å²) in [6, 6.07) is 7.92. The number of imidazole rings is 1. The van der Waals surface area contributed by atoms with E-state index in [0.29, 0.717) is 0 Å². The fourth-order valence-electron chi connectivity index (χ4n) is 2.01. The second-order valence-electron chi connectivity index (χ2n) is 4.49. The van der Waals surface area contributed by atoms with Crippen LogP contribution < -0.4 is 0 Å². The van der Waals surface area contributed by atoms with Crippen molar-refractivity contribution in [2.24, 2.45) is 0 Å². The van der Waals surface area contributed by atoms with Gasteiger partial charge in [0, 0.05) is 16.8 Å². The van der Waals surface area contributed by atoms with Crippen LogP contribution in [0.25, 0.3) is 22.6 Å². The van der Waals surface area contributed by atoms with E-state index in [1.165, 1.54) is 0 Å². The first kappa shape index (κ1) is 11.2. The van der Waals surface area contributed by atoms with Gasteiger partial charge >= 0.3 is 0 Å². The lowest BCUT2D eigenvalue weighted by molar-refractivity contribution is 1.28. The molecule has 0 saturated heterocycles. The molecule has 0 unspecified atom stereocenters. The van der Waals surface area contributed by atoms with E-state index in [-0.39, 0.29) is 0 Å². The van der Waals surface area contributed by atoms with Gasteiger partial charge in [-0.2, -0.15) is 0 Å². The Bertz CT molecular complexity index is 711. The highest BCUT2D eigenvalue weighted by molar-refractivity contribution is 6.30. The van der Waals surface area contributed by atoms with Crippen LogP contribution in [0.3, 0.4) is 0 Å². The Balaban J connectivity index is 2.19. The van der Waals surface area contributed by atoms with Crippen LogP contribution in [0, 0.1) is 13.8 Å². The van der Waals surface area contributed by atoms with E-state index in [1.54, 1.807) is 0 Å². The fourth-order valence-corrected chi connectivity index (χ4v) is 2.30. The maximum atomic E-state index is 6.07. The van der Waals surface area contributed by atoms with Crippen LogP contribution in [0.15, 0.2) is 30.5 Å². The van der Waals surface area contributed by atoms with E-state index in [1.807, 2.05) is 38.2 Å². The van der Waals surface area contributed by atoms with Crippen molar-refractivity contribution < 1.29 is 0 Å². The lowest BCUT2D eigenvalue weighted by atomic mass is 10.1. The molecule has 3 rings (SSSR count). The molecule has 0 saturated carbocycles. The Labute approximate surface area is 110 Å². The first-order chi connectivity index (χ1) is 8.61. The van der Waals surface area contributed by atoms with Crippen molar-refractivity contribution >= 4 is 22.8 Å². The minimum absolute atomic E-state index is 0.717. The van der Waals surface area contributed by atoms with Gasteiger partial charge in [-0.25, -0.2) is 9.97 Å².